The zero-order valence-electron chi connectivity index (χ0n) is 45.0. The second kappa shape index (κ2) is 14.7. The fourth-order valence-corrected chi connectivity index (χ4v) is 8.84. The van der Waals surface area contributed by atoms with Crippen molar-refractivity contribution < 1.29 is 27.4 Å². The van der Waals surface area contributed by atoms with Gasteiger partial charge in [0.25, 0.3) is 6.33 Å². The standard InChI is InChI=1S/C58H43N4O2/c1-58(2,3)40-30-31-59-56(32-40)62-50-26-12-10-22-46(50)47-29-28-43(34-51(47)62)63-42-21-14-20-41(33-42)60-37-61(52-35-49-48-23-11-13-27-54(48)64-55(49)36-53(52)60)57-44(38-16-6-4-7-17-38)24-15-25-45(57)39-18-8-5-9-19-39/h4-37H,1-3H3/q+1/i4D,5D,6D,7D,8D,9D,16D,17D,18D,19D. The van der Waals surface area contributed by atoms with Crippen LogP contribution in [0.2, 0.25) is 0 Å². The number of aromatic nitrogens is 4. The first-order valence-electron chi connectivity index (χ1n) is 25.9. The molecule has 0 saturated carbocycles. The Morgan fingerprint density at radius 3 is 2.03 bits per heavy atom. The molecule has 0 aliphatic rings. The summed E-state index contributed by atoms with van der Waals surface area (Å²) < 4.78 is 107. The largest absolute Gasteiger partial charge is 0.457 e. The van der Waals surface area contributed by atoms with Crippen LogP contribution >= 0.6 is 0 Å². The second-order valence-corrected chi connectivity index (χ2v) is 16.8. The molecule has 6 heteroatoms. The summed E-state index contributed by atoms with van der Waals surface area (Å²) in [6, 6.07) is 37.0. The summed E-state index contributed by atoms with van der Waals surface area (Å²) in [5.41, 5.74) is 6.30. The molecule has 4 aromatic heterocycles. The Morgan fingerprint density at radius 1 is 0.578 bits per heavy atom. The summed E-state index contributed by atoms with van der Waals surface area (Å²) in [4.78, 5) is 4.84. The molecule has 0 unspecified atom stereocenters. The van der Waals surface area contributed by atoms with Crippen molar-refractivity contribution in [2.45, 2.75) is 26.2 Å². The minimum Gasteiger partial charge on any atom is -0.457 e. The van der Waals surface area contributed by atoms with Crippen LogP contribution in [-0.4, -0.2) is 14.1 Å². The molecule has 0 aliphatic carbocycles. The van der Waals surface area contributed by atoms with Crippen LogP contribution in [0.15, 0.2) is 211 Å². The maximum Gasteiger partial charge on any atom is 0.255 e. The van der Waals surface area contributed by atoms with Crippen molar-refractivity contribution in [3.8, 4) is 50.9 Å². The van der Waals surface area contributed by atoms with Crippen molar-refractivity contribution in [3.63, 3.8) is 0 Å². The Kier molecular flexibility index (Phi) is 6.53. The number of ether oxygens (including phenoxy) is 1. The molecule has 4 heterocycles. The maximum atomic E-state index is 9.17. The lowest BCUT2D eigenvalue weighted by Crippen LogP contribution is -2.31. The molecule has 0 atom stereocenters. The van der Waals surface area contributed by atoms with E-state index < -0.39 is 60.4 Å². The van der Waals surface area contributed by atoms with Gasteiger partial charge in [-0.1, -0.05) is 142 Å². The summed E-state index contributed by atoms with van der Waals surface area (Å²) in [6.07, 6.45) is 3.63. The first kappa shape index (κ1) is 28.4. The Morgan fingerprint density at radius 2 is 1.27 bits per heavy atom. The molecule has 0 N–H and O–H groups in total. The minimum atomic E-state index is -0.571. The Balaban J connectivity index is 1.09. The monoisotopic (exact) mass is 837 g/mol. The predicted octanol–water partition coefficient (Wildman–Crippen LogP) is 14.7. The minimum absolute atomic E-state index is 0.0987. The fourth-order valence-electron chi connectivity index (χ4n) is 8.84. The third-order valence-corrected chi connectivity index (χ3v) is 11.9. The molecular weight excluding hydrogens is 785 g/mol. The van der Waals surface area contributed by atoms with Gasteiger partial charge >= 0.3 is 0 Å². The summed E-state index contributed by atoms with van der Waals surface area (Å²) in [5.74, 6) is 1.88. The molecule has 0 amide bonds. The van der Waals surface area contributed by atoms with Gasteiger partial charge in [0.15, 0.2) is 11.0 Å². The van der Waals surface area contributed by atoms with Crippen molar-refractivity contribution >= 4 is 54.8 Å². The molecule has 6 nitrogen and oxygen atoms in total. The number of benzene rings is 8. The maximum absolute atomic E-state index is 9.17. The van der Waals surface area contributed by atoms with Crippen molar-refractivity contribution in [2.75, 3.05) is 0 Å². The lowest BCUT2D eigenvalue weighted by atomic mass is 9.88. The number of hydrogen-bond acceptors (Lipinski definition) is 3. The van der Waals surface area contributed by atoms with Crippen LogP contribution in [0, 0.1) is 0 Å². The van der Waals surface area contributed by atoms with Crippen molar-refractivity contribution in [3.05, 3.63) is 212 Å². The van der Waals surface area contributed by atoms with Crippen LogP contribution in [0.4, 0.5) is 0 Å². The van der Waals surface area contributed by atoms with Gasteiger partial charge in [0.1, 0.15) is 39.9 Å². The van der Waals surface area contributed by atoms with E-state index >= 15 is 0 Å². The molecule has 12 rings (SSSR count). The number of hydrogen-bond donors (Lipinski definition) is 0. The Labute approximate surface area is 384 Å². The molecule has 0 aliphatic heterocycles. The van der Waals surface area contributed by atoms with Gasteiger partial charge in [-0.2, -0.15) is 9.13 Å². The smallest absolute Gasteiger partial charge is 0.255 e. The van der Waals surface area contributed by atoms with E-state index in [1.807, 2.05) is 102 Å². The van der Waals surface area contributed by atoms with Crippen LogP contribution < -0.4 is 9.30 Å². The van der Waals surface area contributed by atoms with E-state index in [1.165, 1.54) is 0 Å². The molecule has 0 spiro atoms. The second-order valence-electron chi connectivity index (χ2n) is 16.8. The first-order valence-corrected chi connectivity index (χ1v) is 20.9. The van der Waals surface area contributed by atoms with Gasteiger partial charge in [-0.05, 0) is 70.6 Å². The normalized spacial score (nSPS) is 14.2. The van der Waals surface area contributed by atoms with Crippen LogP contribution in [-0.2, 0) is 5.41 Å². The van der Waals surface area contributed by atoms with Crippen LogP contribution in [0.1, 0.15) is 40.0 Å². The number of furan rings is 1. The fraction of sp³-hybridized carbons (Fsp3) is 0.0690. The third kappa shape index (κ3) is 6.25. The van der Waals surface area contributed by atoms with E-state index in [2.05, 4.69) is 49.6 Å². The van der Waals surface area contributed by atoms with Crippen LogP contribution in [0.5, 0.6) is 11.5 Å². The van der Waals surface area contributed by atoms with E-state index in [4.69, 9.17) is 27.8 Å². The molecule has 8 aromatic carbocycles. The quantitative estimate of drug-likeness (QED) is 0.150. The SMILES string of the molecule is [2H]c1c([2H])c([2H])c(-c2cccc(-c3c([2H])c([2H])c([2H])c([2H])c3[2H])c2-[n+]2cn(-c3cccc(Oc4ccc5c6ccccc6n(-c6cc(C(C)(C)C)ccn6)c5c4)c3)c3cc4oc5ccccc5c4cc32)c([2H])c1[2H]. The van der Waals surface area contributed by atoms with Gasteiger partial charge in [-0.25, -0.2) is 4.98 Å². The van der Waals surface area contributed by atoms with E-state index in [0.717, 1.165) is 44.0 Å². The predicted molar refractivity (Wildman–Crippen MR) is 260 cm³/mol. The lowest BCUT2D eigenvalue weighted by molar-refractivity contribution is -0.566. The number of para-hydroxylation sites is 3. The number of imidazole rings is 1. The summed E-state index contributed by atoms with van der Waals surface area (Å²) in [5, 5.41) is 3.71. The average molecular weight is 838 g/mol. The van der Waals surface area contributed by atoms with Crippen molar-refractivity contribution in [2.24, 2.45) is 0 Å². The number of nitrogens with zero attached hydrogens (tertiary/aromatic N) is 4. The molecule has 306 valence electrons. The van der Waals surface area contributed by atoms with E-state index in [9.17, 15) is 0 Å². The summed E-state index contributed by atoms with van der Waals surface area (Å²) >= 11 is 0. The highest BCUT2D eigenvalue weighted by Gasteiger charge is 2.27. The Bertz CT molecular complexity index is 4220. The summed E-state index contributed by atoms with van der Waals surface area (Å²) in [7, 11) is 0. The highest BCUT2D eigenvalue weighted by atomic mass is 16.5. The molecular formula is C58H43N4O2+. The van der Waals surface area contributed by atoms with Gasteiger partial charge in [-0.15, -0.1) is 0 Å². The number of fused-ring (bicyclic) bond motifs is 7. The zero-order valence-corrected chi connectivity index (χ0v) is 35.0. The van der Waals surface area contributed by atoms with Gasteiger partial charge in [0.2, 0.25) is 0 Å². The topological polar surface area (TPSA) is 49.0 Å². The lowest BCUT2D eigenvalue weighted by Gasteiger charge is -2.20. The number of rotatable bonds is 7. The molecule has 12 aromatic rings. The van der Waals surface area contributed by atoms with E-state index in [-0.39, 0.29) is 33.4 Å². The van der Waals surface area contributed by atoms with E-state index in [1.54, 1.807) is 29.1 Å². The van der Waals surface area contributed by atoms with Gasteiger partial charge in [0, 0.05) is 63.1 Å². The van der Waals surface area contributed by atoms with Crippen LogP contribution in [0.25, 0.3) is 94.2 Å². The Hall–Kier alpha value is -8.22. The highest BCUT2D eigenvalue weighted by Crippen LogP contribution is 2.39. The molecule has 0 radical (unpaired) electrons. The summed E-state index contributed by atoms with van der Waals surface area (Å²) in [6.45, 7) is 6.54. The van der Waals surface area contributed by atoms with Gasteiger partial charge in [0.05, 0.1) is 24.7 Å². The van der Waals surface area contributed by atoms with Gasteiger partial charge < -0.3 is 9.15 Å². The zero-order chi connectivity index (χ0) is 51.6. The van der Waals surface area contributed by atoms with Crippen molar-refractivity contribution in [1.82, 2.24) is 14.1 Å². The van der Waals surface area contributed by atoms with Crippen LogP contribution in [0.3, 0.4) is 0 Å². The van der Waals surface area contributed by atoms with Crippen molar-refractivity contribution in [1.29, 1.82) is 0 Å². The molecule has 64 heavy (non-hydrogen) atoms. The van der Waals surface area contributed by atoms with E-state index in [0.29, 0.717) is 39.4 Å². The third-order valence-electron chi connectivity index (χ3n) is 11.9. The number of pyridine rings is 1. The molecule has 0 bridgehead atoms. The first-order chi connectivity index (χ1) is 35.5. The average Bonchev–Trinajstić information content (AvgIpc) is 4.07. The highest BCUT2D eigenvalue weighted by molar-refractivity contribution is 6.10. The molecule has 0 fully saturated rings. The molecule has 0 saturated heterocycles. The van der Waals surface area contributed by atoms with Gasteiger partial charge in [-0.3, -0.25) is 4.57 Å².